The third-order valence-electron chi connectivity index (χ3n) is 7.03. The molecule has 0 aliphatic heterocycles. The number of aryl methyl sites for hydroxylation is 1. The number of rotatable bonds is 10. The first-order valence-electron chi connectivity index (χ1n) is 13.3. The highest BCUT2D eigenvalue weighted by atomic mass is 35.5. The van der Waals surface area contributed by atoms with Gasteiger partial charge in [0.05, 0.1) is 22.3 Å². The van der Waals surface area contributed by atoms with Gasteiger partial charge < -0.3 is 20.8 Å². The van der Waals surface area contributed by atoms with Crippen molar-refractivity contribution in [1.29, 1.82) is 0 Å². The van der Waals surface area contributed by atoms with Gasteiger partial charge in [-0.1, -0.05) is 49.7 Å². The quantitative estimate of drug-likeness (QED) is 0.191. The molecule has 228 valence electrons. The molecule has 4 N–H and O–H groups in total. The molecular formula is C30H29ClF3N3O5S. The number of primary amides is 1. The lowest BCUT2D eigenvalue weighted by molar-refractivity contribution is -0.138. The number of sulfone groups is 1. The minimum atomic E-state index is -4.60. The summed E-state index contributed by atoms with van der Waals surface area (Å²) >= 11 is 5.82. The van der Waals surface area contributed by atoms with Crippen molar-refractivity contribution in [3.8, 4) is 0 Å². The van der Waals surface area contributed by atoms with E-state index in [2.05, 4.69) is 10.6 Å². The van der Waals surface area contributed by atoms with Crippen LogP contribution in [0.4, 0.5) is 18.0 Å². The predicted molar refractivity (Wildman–Crippen MR) is 157 cm³/mol. The van der Waals surface area contributed by atoms with Crippen LogP contribution in [0.3, 0.4) is 0 Å². The fourth-order valence-corrected chi connectivity index (χ4v) is 5.84. The van der Waals surface area contributed by atoms with Crippen molar-refractivity contribution in [2.24, 2.45) is 5.73 Å². The Labute approximate surface area is 251 Å². The Kier molecular flexibility index (Phi) is 9.41. The highest BCUT2D eigenvalue weighted by molar-refractivity contribution is 7.91. The lowest BCUT2D eigenvalue weighted by atomic mass is 9.99. The number of hydrogen-bond donors (Lipinski definition) is 3. The molecule has 0 aliphatic rings. The number of amides is 3. The van der Waals surface area contributed by atoms with Gasteiger partial charge in [-0.15, -0.1) is 0 Å². The fraction of sp³-hybridized carbons (Fsp3) is 0.267. The largest absolute Gasteiger partial charge is 0.460 e. The number of nitrogens with one attached hydrogen (secondary N) is 2. The van der Waals surface area contributed by atoms with Gasteiger partial charge in [-0.2, -0.15) is 13.2 Å². The Morgan fingerprint density at radius 2 is 1.72 bits per heavy atom. The standard InChI is InChI=1S/C30H29ClF3N3O5S/c1-3-22-23-12-8-19(14-27(23)42-26(22)13-18-5-9-20(31)15-24(18)30(32,33)34)28(38)37-25(16-36-29(35)39)17-6-10-21(11-7-17)43(40,41)4-2/h5-12,14-15,25H,3-4,13,16H2,1-2H3,(H,37,38)(H3,35,36,39). The van der Waals surface area contributed by atoms with Crippen LogP contribution in [0.15, 0.2) is 70.0 Å². The van der Waals surface area contributed by atoms with Gasteiger partial charge >= 0.3 is 12.2 Å². The zero-order chi connectivity index (χ0) is 31.5. The first kappa shape index (κ1) is 31.9. The minimum absolute atomic E-state index is 0.00571. The molecule has 1 unspecified atom stereocenters. The van der Waals surface area contributed by atoms with E-state index in [1.807, 2.05) is 6.92 Å². The van der Waals surface area contributed by atoms with E-state index in [4.69, 9.17) is 21.8 Å². The summed E-state index contributed by atoms with van der Waals surface area (Å²) in [5.41, 5.74) is 6.15. The average molecular weight is 636 g/mol. The molecule has 0 bridgehead atoms. The Morgan fingerprint density at radius 1 is 1.02 bits per heavy atom. The van der Waals surface area contributed by atoms with E-state index in [0.29, 0.717) is 28.7 Å². The second kappa shape index (κ2) is 12.7. The number of furan rings is 1. The molecule has 3 aromatic carbocycles. The van der Waals surface area contributed by atoms with Crippen LogP contribution in [0.2, 0.25) is 5.02 Å². The van der Waals surface area contributed by atoms with Gasteiger partial charge in [-0.25, -0.2) is 13.2 Å². The van der Waals surface area contributed by atoms with E-state index in [1.54, 1.807) is 12.1 Å². The number of benzene rings is 3. The summed E-state index contributed by atoms with van der Waals surface area (Å²) in [4.78, 5) is 24.8. The maximum atomic E-state index is 13.7. The van der Waals surface area contributed by atoms with Gasteiger partial charge in [-0.05, 0) is 53.9 Å². The van der Waals surface area contributed by atoms with Gasteiger partial charge in [0, 0.05) is 34.5 Å². The van der Waals surface area contributed by atoms with Crippen LogP contribution >= 0.6 is 11.6 Å². The molecule has 0 saturated heterocycles. The number of fused-ring (bicyclic) bond motifs is 1. The van der Waals surface area contributed by atoms with Crippen molar-refractivity contribution in [3.05, 3.63) is 99.3 Å². The SMILES string of the molecule is CCc1c(Cc2ccc(Cl)cc2C(F)(F)F)oc2cc(C(=O)NC(CNC(N)=O)c3ccc(S(=O)(=O)CC)cc3)ccc12. The number of hydrogen-bond acceptors (Lipinski definition) is 5. The summed E-state index contributed by atoms with van der Waals surface area (Å²) in [5.74, 6) is -0.264. The molecule has 0 spiro atoms. The molecule has 3 amide bonds. The van der Waals surface area contributed by atoms with E-state index in [9.17, 15) is 31.2 Å². The molecule has 1 aromatic heterocycles. The van der Waals surface area contributed by atoms with Gasteiger partial charge in [0.2, 0.25) is 0 Å². The number of urea groups is 1. The molecule has 13 heteroatoms. The number of carbonyl (C=O) groups is 2. The summed E-state index contributed by atoms with van der Waals surface area (Å²) in [7, 11) is -3.44. The third kappa shape index (κ3) is 7.31. The van der Waals surface area contributed by atoms with Gasteiger partial charge in [0.15, 0.2) is 9.84 Å². The highest BCUT2D eigenvalue weighted by Crippen LogP contribution is 2.36. The van der Waals surface area contributed by atoms with E-state index >= 15 is 0 Å². The molecule has 0 fully saturated rings. The third-order valence-corrected chi connectivity index (χ3v) is 9.01. The Bertz CT molecular complexity index is 1770. The van der Waals surface area contributed by atoms with Crippen LogP contribution in [0.5, 0.6) is 0 Å². The van der Waals surface area contributed by atoms with Crippen LogP contribution in [-0.2, 0) is 28.9 Å². The van der Waals surface area contributed by atoms with E-state index < -0.39 is 39.6 Å². The lowest BCUT2D eigenvalue weighted by Gasteiger charge is -2.20. The maximum absolute atomic E-state index is 13.7. The Hall–Kier alpha value is -4.03. The number of alkyl halides is 3. The van der Waals surface area contributed by atoms with E-state index in [0.717, 1.165) is 11.6 Å². The van der Waals surface area contributed by atoms with Crippen LogP contribution in [0.25, 0.3) is 11.0 Å². The molecule has 1 heterocycles. The molecule has 8 nitrogen and oxygen atoms in total. The molecule has 43 heavy (non-hydrogen) atoms. The summed E-state index contributed by atoms with van der Waals surface area (Å²) < 4.78 is 71.4. The Balaban J connectivity index is 1.63. The topological polar surface area (TPSA) is 132 Å². The van der Waals surface area contributed by atoms with E-state index in [-0.39, 0.29) is 39.8 Å². The fourth-order valence-electron chi connectivity index (χ4n) is 4.78. The summed E-state index contributed by atoms with van der Waals surface area (Å²) in [5, 5.41) is 5.89. The summed E-state index contributed by atoms with van der Waals surface area (Å²) in [6.07, 6.45) is -4.25. The molecule has 0 saturated carbocycles. The van der Waals surface area contributed by atoms with Gasteiger partial charge in [0.25, 0.3) is 5.91 Å². The van der Waals surface area contributed by atoms with E-state index in [1.165, 1.54) is 49.4 Å². The number of carbonyl (C=O) groups excluding carboxylic acids is 2. The average Bonchev–Trinajstić information content (AvgIpc) is 3.31. The zero-order valence-electron chi connectivity index (χ0n) is 23.2. The highest BCUT2D eigenvalue weighted by Gasteiger charge is 2.34. The van der Waals surface area contributed by atoms with Crippen LogP contribution in [0, 0.1) is 0 Å². The molecule has 1 atom stereocenters. The van der Waals surface area contributed by atoms with Gasteiger partial charge in [0.1, 0.15) is 11.3 Å². The smallest absolute Gasteiger partial charge is 0.416 e. The molecule has 4 aromatic rings. The minimum Gasteiger partial charge on any atom is -0.460 e. The normalized spacial score (nSPS) is 12.7. The van der Waals surface area contributed by atoms with Crippen molar-refractivity contribution < 1.29 is 35.6 Å². The number of nitrogens with two attached hydrogens (primary N) is 1. The van der Waals surface area contributed by atoms with Crippen molar-refractivity contribution in [2.75, 3.05) is 12.3 Å². The monoisotopic (exact) mass is 635 g/mol. The Morgan fingerprint density at radius 3 is 2.33 bits per heavy atom. The molecule has 4 rings (SSSR count). The molecule has 0 aliphatic carbocycles. The lowest BCUT2D eigenvalue weighted by Crippen LogP contribution is -2.39. The van der Waals surface area contributed by atoms with Crippen molar-refractivity contribution >= 4 is 44.3 Å². The first-order chi connectivity index (χ1) is 20.2. The number of halogens is 4. The summed E-state index contributed by atoms with van der Waals surface area (Å²) in [6.45, 7) is 3.31. The van der Waals surface area contributed by atoms with Crippen molar-refractivity contribution in [1.82, 2.24) is 10.6 Å². The summed E-state index contributed by atoms with van der Waals surface area (Å²) in [6, 6.07) is 12.7. The van der Waals surface area contributed by atoms with Gasteiger partial charge in [-0.3, -0.25) is 4.79 Å². The van der Waals surface area contributed by atoms with Crippen LogP contribution < -0.4 is 16.4 Å². The molecule has 0 radical (unpaired) electrons. The second-order valence-corrected chi connectivity index (χ2v) is 12.5. The first-order valence-corrected chi connectivity index (χ1v) is 15.3. The predicted octanol–water partition coefficient (Wildman–Crippen LogP) is 6.19. The second-order valence-electron chi connectivity index (χ2n) is 9.79. The zero-order valence-corrected chi connectivity index (χ0v) is 24.8. The van der Waals surface area contributed by atoms with Crippen molar-refractivity contribution in [3.63, 3.8) is 0 Å². The maximum Gasteiger partial charge on any atom is 0.416 e. The van der Waals surface area contributed by atoms with Crippen LogP contribution in [-0.4, -0.2) is 32.7 Å². The molecular weight excluding hydrogens is 607 g/mol. The van der Waals surface area contributed by atoms with Crippen molar-refractivity contribution in [2.45, 2.75) is 43.8 Å². The van der Waals surface area contributed by atoms with Crippen LogP contribution in [0.1, 0.15) is 58.3 Å².